The van der Waals surface area contributed by atoms with Gasteiger partial charge in [0.2, 0.25) is 0 Å². The van der Waals surface area contributed by atoms with Crippen molar-refractivity contribution in [2.24, 2.45) is 0 Å². The first-order valence-electron chi connectivity index (χ1n) is 5.67. The minimum Gasteiger partial charge on any atom is -0.319 e. The Morgan fingerprint density at radius 1 is 1.06 bits per heavy atom. The maximum Gasteiger partial charge on any atom is 0.109 e. The second kappa shape index (κ2) is 4.80. The van der Waals surface area contributed by atoms with E-state index in [9.17, 15) is 4.57 Å². The van der Waals surface area contributed by atoms with Crippen molar-refractivity contribution in [3.05, 3.63) is 54.1 Å². The van der Waals surface area contributed by atoms with Gasteiger partial charge in [0.1, 0.15) is 7.14 Å². The maximum absolute atomic E-state index is 12.1. The fraction of sp³-hybridized carbons (Fsp3) is 0.133. The lowest BCUT2D eigenvalue weighted by Gasteiger charge is -2.10. The Labute approximate surface area is 107 Å². The van der Waals surface area contributed by atoms with E-state index in [0.29, 0.717) is 5.56 Å². The van der Waals surface area contributed by atoms with E-state index in [0.717, 1.165) is 16.4 Å². The highest BCUT2D eigenvalue weighted by molar-refractivity contribution is 7.70. The highest BCUT2D eigenvalue weighted by Crippen LogP contribution is 2.36. The van der Waals surface area contributed by atoms with Gasteiger partial charge in [0, 0.05) is 5.30 Å². The van der Waals surface area contributed by atoms with Gasteiger partial charge in [0.15, 0.2) is 0 Å². The Bertz CT molecular complexity index is 664. The number of nitriles is 1. The molecule has 0 bridgehead atoms. The summed E-state index contributed by atoms with van der Waals surface area (Å²) >= 11 is 0. The molecule has 18 heavy (non-hydrogen) atoms. The highest BCUT2D eigenvalue weighted by atomic mass is 31.2. The minimum atomic E-state index is -2.27. The van der Waals surface area contributed by atoms with Crippen molar-refractivity contribution < 1.29 is 4.57 Å². The molecule has 0 N–H and O–H groups in total. The molecule has 0 fully saturated rings. The Balaban J connectivity index is 2.59. The molecule has 0 heterocycles. The van der Waals surface area contributed by atoms with Crippen LogP contribution >= 0.6 is 7.14 Å². The number of nitrogens with zero attached hydrogens (tertiary/aromatic N) is 1. The molecule has 0 saturated heterocycles. The first kappa shape index (κ1) is 12.6. The third-order valence-corrected chi connectivity index (χ3v) is 4.35. The van der Waals surface area contributed by atoms with E-state index in [1.54, 1.807) is 19.4 Å². The van der Waals surface area contributed by atoms with Crippen molar-refractivity contribution >= 4 is 12.4 Å². The zero-order valence-corrected chi connectivity index (χ0v) is 11.3. The van der Waals surface area contributed by atoms with E-state index in [4.69, 9.17) is 5.26 Å². The van der Waals surface area contributed by atoms with Gasteiger partial charge in [-0.3, -0.25) is 0 Å². The molecular formula is C15H14NOP. The van der Waals surface area contributed by atoms with Crippen LogP contribution in [0.25, 0.3) is 11.1 Å². The van der Waals surface area contributed by atoms with Crippen LogP contribution in [0.5, 0.6) is 0 Å². The van der Waals surface area contributed by atoms with Crippen molar-refractivity contribution in [3.63, 3.8) is 0 Å². The van der Waals surface area contributed by atoms with Crippen LogP contribution < -0.4 is 5.30 Å². The van der Waals surface area contributed by atoms with Crippen LogP contribution in [0.1, 0.15) is 5.56 Å². The molecule has 0 amide bonds. The van der Waals surface area contributed by atoms with Gasteiger partial charge in [-0.05, 0) is 36.6 Å². The van der Waals surface area contributed by atoms with Gasteiger partial charge in [-0.25, -0.2) is 0 Å². The van der Waals surface area contributed by atoms with Crippen molar-refractivity contribution in [1.82, 2.24) is 0 Å². The lowest BCUT2D eigenvalue weighted by molar-refractivity contribution is 0.588. The first-order valence-corrected chi connectivity index (χ1v) is 8.27. The lowest BCUT2D eigenvalue weighted by Crippen LogP contribution is -2.02. The monoisotopic (exact) mass is 255 g/mol. The van der Waals surface area contributed by atoms with Gasteiger partial charge in [-0.15, -0.1) is 0 Å². The van der Waals surface area contributed by atoms with Crippen molar-refractivity contribution in [1.29, 1.82) is 5.26 Å². The SMILES string of the molecule is CP(C)(=O)c1cccc(-c2ccccc2C#N)c1. The second-order valence-corrected chi connectivity index (χ2v) is 7.78. The van der Waals surface area contributed by atoms with Gasteiger partial charge in [0.25, 0.3) is 0 Å². The summed E-state index contributed by atoms with van der Waals surface area (Å²) < 4.78 is 12.1. The fourth-order valence-corrected chi connectivity index (χ4v) is 2.74. The summed E-state index contributed by atoms with van der Waals surface area (Å²) in [6.45, 7) is 3.50. The van der Waals surface area contributed by atoms with E-state index in [-0.39, 0.29) is 0 Å². The predicted molar refractivity (Wildman–Crippen MR) is 75.7 cm³/mol. The molecule has 0 atom stereocenters. The molecule has 2 rings (SSSR count). The van der Waals surface area contributed by atoms with E-state index in [2.05, 4.69) is 6.07 Å². The molecule has 2 aromatic carbocycles. The molecule has 0 aliphatic heterocycles. The molecular weight excluding hydrogens is 241 g/mol. The maximum atomic E-state index is 12.1. The molecule has 3 heteroatoms. The Kier molecular flexibility index (Phi) is 3.36. The molecule has 90 valence electrons. The molecule has 0 aromatic heterocycles. The van der Waals surface area contributed by atoms with E-state index in [1.165, 1.54) is 0 Å². The smallest absolute Gasteiger partial charge is 0.109 e. The van der Waals surface area contributed by atoms with Crippen LogP contribution in [0.4, 0.5) is 0 Å². The van der Waals surface area contributed by atoms with Crippen LogP contribution in [-0.2, 0) is 4.57 Å². The highest BCUT2D eigenvalue weighted by Gasteiger charge is 2.12. The van der Waals surface area contributed by atoms with Crippen molar-refractivity contribution in [2.75, 3.05) is 13.3 Å². The Hall–Kier alpha value is -1.84. The van der Waals surface area contributed by atoms with Crippen LogP contribution in [-0.4, -0.2) is 13.3 Å². The van der Waals surface area contributed by atoms with Crippen LogP contribution in [0.3, 0.4) is 0 Å². The minimum absolute atomic E-state index is 0.636. The summed E-state index contributed by atoms with van der Waals surface area (Å²) in [5.41, 5.74) is 2.46. The standard InChI is InChI=1S/C15H14NOP/c1-18(2,17)14-8-5-7-12(10-14)15-9-4-3-6-13(15)11-16/h3-10H,1-2H3. The molecule has 2 nitrogen and oxygen atoms in total. The average Bonchev–Trinajstić information content (AvgIpc) is 2.38. The molecule has 0 saturated carbocycles. The topological polar surface area (TPSA) is 40.9 Å². The fourth-order valence-electron chi connectivity index (χ4n) is 1.84. The van der Waals surface area contributed by atoms with E-state index in [1.807, 2.05) is 42.5 Å². The van der Waals surface area contributed by atoms with Gasteiger partial charge in [-0.2, -0.15) is 5.26 Å². The largest absolute Gasteiger partial charge is 0.319 e. The van der Waals surface area contributed by atoms with Crippen LogP contribution in [0, 0.1) is 11.3 Å². The van der Waals surface area contributed by atoms with Crippen molar-refractivity contribution in [2.45, 2.75) is 0 Å². The molecule has 0 aliphatic rings. The number of hydrogen-bond acceptors (Lipinski definition) is 2. The zero-order chi connectivity index (χ0) is 13.2. The van der Waals surface area contributed by atoms with Gasteiger partial charge >= 0.3 is 0 Å². The molecule has 0 spiro atoms. The summed E-state index contributed by atoms with van der Waals surface area (Å²) in [4.78, 5) is 0. The average molecular weight is 255 g/mol. The quantitative estimate of drug-likeness (QED) is 0.771. The van der Waals surface area contributed by atoms with Gasteiger partial charge in [0.05, 0.1) is 11.6 Å². The van der Waals surface area contributed by atoms with Crippen LogP contribution in [0.2, 0.25) is 0 Å². The summed E-state index contributed by atoms with van der Waals surface area (Å²) in [5, 5.41) is 9.94. The molecule has 0 unspecified atom stereocenters. The third-order valence-electron chi connectivity index (χ3n) is 2.83. The van der Waals surface area contributed by atoms with Gasteiger partial charge in [-0.1, -0.05) is 36.4 Å². The van der Waals surface area contributed by atoms with Crippen LogP contribution in [0.15, 0.2) is 48.5 Å². The summed E-state index contributed by atoms with van der Waals surface area (Å²) in [5.74, 6) is 0. The van der Waals surface area contributed by atoms with E-state index >= 15 is 0 Å². The zero-order valence-electron chi connectivity index (χ0n) is 10.4. The first-order chi connectivity index (χ1) is 8.52. The number of hydrogen-bond donors (Lipinski definition) is 0. The predicted octanol–water partition coefficient (Wildman–Crippen LogP) is 3.47. The molecule has 0 aliphatic carbocycles. The lowest BCUT2D eigenvalue weighted by atomic mass is 10.0. The molecule has 2 aromatic rings. The van der Waals surface area contributed by atoms with Crippen molar-refractivity contribution in [3.8, 4) is 17.2 Å². The van der Waals surface area contributed by atoms with Gasteiger partial charge < -0.3 is 4.57 Å². The summed E-state index contributed by atoms with van der Waals surface area (Å²) in [6.07, 6.45) is 0. The second-order valence-electron chi connectivity index (χ2n) is 4.56. The summed E-state index contributed by atoms with van der Waals surface area (Å²) in [6, 6.07) is 17.2. The Morgan fingerprint density at radius 3 is 2.44 bits per heavy atom. The Morgan fingerprint density at radius 2 is 1.78 bits per heavy atom. The number of benzene rings is 2. The third kappa shape index (κ3) is 2.53. The molecule has 0 radical (unpaired) electrons. The number of rotatable bonds is 2. The summed E-state index contributed by atoms with van der Waals surface area (Å²) in [7, 11) is -2.27. The van der Waals surface area contributed by atoms with E-state index < -0.39 is 7.14 Å². The normalized spacial score (nSPS) is 10.9.